The number of carbonyl (C=O) groups excluding carboxylic acids is 1. The van der Waals surface area contributed by atoms with Gasteiger partial charge in [-0.3, -0.25) is 4.68 Å². The Balaban J connectivity index is 1.79. The molecule has 6 nitrogen and oxygen atoms in total. The highest BCUT2D eigenvalue weighted by atomic mass is 16.5. The van der Waals surface area contributed by atoms with E-state index < -0.39 is 5.97 Å². The van der Waals surface area contributed by atoms with Gasteiger partial charge in [-0.2, -0.15) is 5.10 Å². The van der Waals surface area contributed by atoms with Crippen molar-refractivity contribution < 1.29 is 19.0 Å². The van der Waals surface area contributed by atoms with Crippen LogP contribution in [0.15, 0.2) is 18.3 Å². The molecular formula is C17H20N2O4. The van der Waals surface area contributed by atoms with Crippen LogP contribution in [0.5, 0.6) is 5.75 Å². The summed E-state index contributed by atoms with van der Waals surface area (Å²) in [6, 6.07) is 3.62. The first-order valence-electron chi connectivity index (χ1n) is 7.91. The molecule has 1 saturated carbocycles. The van der Waals surface area contributed by atoms with Crippen molar-refractivity contribution >= 4 is 16.9 Å². The molecule has 5 rings (SSSR count). The molecule has 3 fully saturated rings. The van der Waals surface area contributed by atoms with Crippen molar-refractivity contribution in [2.75, 3.05) is 13.7 Å². The molecular weight excluding hydrogens is 296 g/mol. The maximum absolute atomic E-state index is 12.0. The number of rotatable bonds is 4. The molecule has 23 heavy (non-hydrogen) atoms. The molecule has 0 spiro atoms. The number of esters is 1. The fourth-order valence-corrected chi connectivity index (χ4v) is 3.47. The van der Waals surface area contributed by atoms with E-state index in [0.717, 1.165) is 23.7 Å². The van der Waals surface area contributed by atoms with Gasteiger partial charge in [-0.25, -0.2) is 4.79 Å². The number of benzene rings is 1. The molecule has 3 aliphatic rings. The monoisotopic (exact) mass is 316 g/mol. The summed E-state index contributed by atoms with van der Waals surface area (Å²) >= 11 is 0. The van der Waals surface area contributed by atoms with Crippen LogP contribution >= 0.6 is 0 Å². The smallest absolute Gasteiger partial charge is 0.341 e. The minimum atomic E-state index is -0.402. The minimum absolute atomic E-state index is 0.00577. The summed E-state index contributed by atoms with van der Waals surface area (Å²) in [6.45, 7) is 4.56. The third-order valence-corrected chi connectivity index (χ3v) is 4.66. The lowest BCUT2D eigenvalue weighted by atomic mass is 9.78. The lowest BCUT2D eigenvalue weighted by Gasteiger charge is -2.35. The van der Waals surface area contributed by atoms with Crippen LogP contribution in [-0.2, 0) is 15.0 Å². The Morgan fingerprint density at radius 2 is 2.22 bits per heavy atom. The molecule has 2 saturated heterocycles. The summed E-state index contributed by atoms with van der Waals surface area (Å²) in [5.74, 6) is 0.109. The van der Waals surface area contributed by atoms with E-state index in [1.54, 1.807) is 6.07 Å². The van der Waals surface area contributed by atoms with Gasteiger partial charge >= 0.3 is 5.97 Å². The van der Waals surface area contributed by atoms with E-state index in [2.05, 4.69) is 0 Å². The third-order valence-electron chi connectivity index (χ3n) is 4.66. The SMILES string of the molecule is COC(=O)c1cc2cn(C34COC(C3)C4)nc2cc1OC(C)C. The van der Waals surface area contributed by atoms with Crippen LogP contribution in [0, 0.1) is 0 Å². The van der Waals surface area contributed by atoms with E-state index in [1.165, 1.54) is 7.11 Å². The Morgan fingerprint density at radius 3 is 2.83 bits per heavy atom. The average Bonchev–Trinajstić information content (AvgIpc) is 3.17. The first-order chi connectivity index (χ1) is 11.0. The normalized spacial score (nSPS) is 25.7. The molecule has 2 bridgehead atoms. The molecule has 3 heterocycles. The number of methoxy groups -OCH3 is 1. The lowest BCUT2D eigenvalue weighted by molar-refractivity contribution is 0.0594. The molecule has 2 aromatic rings. The molecule has 6 heteroatoms. The van der Waals surface area contributed by atoms with E-state index in [9.17, 15) is 4.79 Å². The standard InChI is InChI=1S/C17H20N2O4/c1-10(2)23-15-5-14-11(4-13(15)16(20)21-3)8-19(18-14)17-6-12(7-17)22-9-17/h4-5,8,10,12H,6-7,9H2,1-3H3. The second-order valence-electron chi connectivity index (χ2n) is 6.70. The van der Waals surface area contributed by atoms with Crippen LogP contribution in [0.4, 0.5) is 0 Å². The first-order valence-corrected chi connectivity index (χ1v) is 7.91. The van der Waals surface area contributed by atoms with Gasteiger partial charge in [-0.15, -0.1) is 0 Å². The number of hydrogen-bond acceptors (Lipinski definition) is 5. The highest BCUT2D eigenvalue weighted by Crippen LogP contribution is 2.48. The molecule has 2 aliphatic heterocycles. The zero-order valence-electron chi connectivity index (χ0n) is 13.5. The molecule has 0 radical (unpaired) electrons. The summed E-state index contributed by atoms with van der Waals surface area (Å²) in [7, 11) is 1.37. The maximum atomic E-state index is 12.0. The van der Waals surface area contributed by atoms with E-state index in [1.807, 2.05) is 30.8 Å². The van der Waals surface area contributed by atoms with Crippen molar-refractivity contribution in [3.05, 3.63) is 23.9 Å². The Kier molecular flexibility index (Phi) is 3.13. The van der Waals surface area contributed by atoms with E-state index in [-0.39, 0.29) is 11.6 Å². The zero-order chi connectivity index (χ0) is 16.2. The highest BCUT2D eigenvalue weighted by Gasteiger charge is 2.54. The fraction of sp³-hybridized carbons (Fsp3) is 0.529. The Morgan fingerprint density at radius 1 is 1.43 bits per heavy atom. The van der Waals surface area contributed by atoms with Crippen LogP contribution < -0.4 is 4.74 Å². The molecule has 1 aliphatic carbocycles. The Labute approximate surface area is 134 Å². The number of nitrogens with zero attached hydrogens (tertiary/aromatic N) is 2. The summed E-state index contributed by atoms with van der Waals surface area (Å²) in [6.07, 6.45) is 4.37. The van der Waals surface area contributed by atoms with E-state index >= 15 is 0 Å². The van der Waals surface area contributed by atoms with Gasteiger partial charge in [0, 0.05) is 30.5 Å². The van der Waals surface area contributed by atoms with Crippen LogP contribution in [0.25, 0.3) is 10.9 Å². The number of aromatic nitrogens is 2. The van der Waals surface area contributed by atoms with Gasteiger partial charge in [0.25, 0.3) is 0 Å². The van der Waals surface area contributed by atoms with Gasteiger partial charge < -0.3 is 14.2 Å². The molecule has 0 atom stereocenters. The van der Waals surface area contributed by atoms with Crippen molar-refractivity contribution in [3.63, 3.8) is 0 Å². The predicted molar refractivity (Wildman–Crippen MR) is 83.8 cm³/mol. The summed E-state index contributed by atoms with van der Waals surface area (Å²) < 4.78 is 18.3. The van der Waals surface area contributed by atoms with Crippen molar-refractivity contribution in [2.24, 2.45) is 0 Å². The number of carbonyl (C=O) groups is 1. The van der Waals surface area contributed by atoms with Crippen LogP contribution in [0.3, 0.4) is 0 Å². The topological polar surface area (TPSA) is 62.6 Å². The number of hydrogen-bond donors (Lipinski definition) is 0. The van der Waals surface area contributed by atoms with Gasteiger partial charge in [0.15, 0.2) is 0 Å². The first kappa shape index (κ1) is 14.5. The quantitative estimate of drug-likeness (QED) is 0.811. The van der Waals surface area contributed by atoms with Crippen molar-refractivity contribution in [2.45, 2.75) is 44.4 Å². The van der Waals surface area contributed by atoms with E-state index in [0.29, 0.717) is 24.0 Å². The van der Waals surface area contributed by atoms with Crippen molar-refractivity contribution in [1.82, 2.24) is 9.78 Å². The second-order valence-corrected chi connectivity index (χ2v) is 6.70. The van der Waals surface area contributed by atoms with Crippen LogP contribution in [0.1, 0.15) is 37.0 Å². The lowest BCUT2D eigenvalue weighted by Crippen LogP contribution is -2.43. The van der Waals surface area contributed by atoms with E-state index in [4.69, 9.17) is 19.3 Å². The highest BCUT2D eigenvalue weighted by molar-refractivity contribution is 5.97. The largest absolute Gasteiger partial charge is 0.490 e. The zero-order valence-corrected chi connectivity index (χ0v) is 13.5. The summed E-state index contributed by atoms with van der Waals surface area (Å²) in [4.78, 5) is 12.0. The predicted octanol–water partition coefficient (Wildman–Crippen LogP) is 2.50. The molecule has 0 amide bonds. The van der Waals surface area contributed by atoms with Gasteiger partial charge in [0.1, 0.15) is 11.3 Å². The van der Waals surface area contributed by atoms with Crippen molar-refractivity contribution in [3.8, 4) is 5.75 Å². The van der Waals surface area contributed by atoms with Crippen LogP contribution in [-0.4, -0.2) is 41.7 Å². The molecule has 122 valence electrons. The van der Waals surface area contributed by atoms with Crippen molar-refractivity contribution in [1.29, 1.82) is 0 Å². The number of fused-ring (bicyclic) bond motifs is 2. The maximum Gasteiger partial charge on any atom is 0.341 e. The Hall–Kier alpha value is -2.08. The third kappa shape index (κ3) is 2.20. The van der Waals surface area contributed by atoms with Gasteiger partial charge in [-0.05, 0) is 19.9 Å². The number of ether oxygens (including phenoxy) is 3. The summed E-state index contributed by atoms with van der Waals surface area (Å²) in [5.41, 5.74) is 1.24. The van der Waals surface area contributed by atoms with Crippen LogP contribution in [0.2, 0.25) is 0 Å². The van der Waals surface area contributed by atoms with Gasteiger partial charge in [0.05, 0.1) is 37.0 Å². The second kappa shape index (κ2) is 4.96. The minimum Gasteiger partial charge on any atom is -0.490 e. The molecule has 1 aromatic carbocycles. The molecule has 0 unspecified atom stereocenters. The summed E-state index contributed by atoms with van der Waals surface area (Å²) in [5, 5.41) is 5.61. The molecule has 0 N–H and O–H groups in total. The van der Waals surface area contributed by atoms with Gasteiger partial charge in [0.2, 0.25) is 0 Å². The average molecular weight is 316 g/mol. The Bertz CT molecular complexity index is 769. The van der Waals surface area contributed by atoms with Gasteiger partial charge in [-0.1, -0.05) is 0 Å². The molecule has 1 aromatic heterocycles. The fourth-order valence-electron chi connectivity index (χ4n) is 3.47.